The van der Waals surface area contributed by atoms with Crippen LogP contribution in [0.25, 0.3) is 0 Å². The Hall–Kier alpha value is -0.580. The van der Waals surface area contributed by atoms with E-state index >= 15 is 0 Å². The Morgan fingerprint density at radius 1 is 1.33 bits per heavy atom. The standard InChI is InChI=1S/C17H26BrNO2/c1-4-17(20,5-2)11-21-16-12(3)8-14(18)9-13(16)10-19-15-6-7-15/h8-9,15,19-20H,4-7,10-11H2,1-3H3. The molecule has 1 aliphatic rings. The highest BCUT2D eigenvalue weighted by molar-refractivity contribution is 9.10. The molecule has 0 unspecified atom stereocenters. The van der Waals surface area contributed by atoms with E-state index in [0.717, 1.165) is 27.9 Å². The van der Waals surface area contributed by atoms with Crippen LogP contribution in [-0.2, 0) is 6.54 Å². The molecular formula is C17H26BrNO2. The van der Waals surface area contributed by atoms with Gasteiger partial charge in [-0.25, -0.2) is 0 Å². The summed E-state index contributed by atoms with van der Waals surface area (Å²) in [5, 5.41) is 13.9. The molecule has 0 bridgehead atoms. The molecule has 2 rings (SSSR count). The lowest BCUT2D eigenvalue weighted by Gasteiger charge is -2.26. The van der Waals surface area contributed by atoms with Gasteiger partial charge < -0.3 is 15.2 Å². The maximum absolute atomic E-state index is 10.4. The first-order valence-electron chi connectivity index (χ1n) is 7.85. The molecule has 0 radical (unpaired) electrons. The third-order valence-electron chi connectivity index (χ3n) is 4.28. The summed E-state index contributed by atoms with van der Waals surface area (Å²) in [5.74, 6) is 0.909. The fourth-order valence-electron chi connectivity index (χ4n) is 2.34. The van der Waals surface area contributed by atoms with Gasteiger partial charge >= 0.3 is 0 Å². The van der Waals surface area contributed by atoms with E-state index in [2.05, 4.69) is 40.3 Å². The summed E-state index contributed by atoms with van der Waals surface area (Å²) < 4.78 is 7.08. The summed E-state index contributed by atoms with van der Waals surface area (Å²) in [7, 11) is 0. The van der Waals surface area contributed by atoms with Crippen LogP contribution in [0.15, 0.2) is 16.6 Å². The number of nitrogens with one attached hydrogen (secondary N) is 1. The van der Waals surface area contributed by atoms with Crippen molar-refractivity contribution < 1.29 is 9.84 Å². The monoisotopic (exact) mass is 355 g/mol. The molecule has 1 aliphatic carbocycles. The van der Waals surface area contributed by atoms with Crippen molar-refractivity contribution in [3.8, 4) is 5.75 Å². The van der Waals surface area contributed by atoms with Crippen molar-refractivity contribution in [1.29, 1.82) is 0 Å². The second-order valence-corrected chi connectivity index (χ2v) is 7.00. The fourth-order valence-corrected chi connectivity index (χ4v) is 2.96. The topological polar surface area (TPSA) is 41.5 Å². The van der Waals surface area contributed by atoms with Gasteiger partial charge in [-0.2, -0.15) is 0 Å². The van der Waals surface area contributed by atoms with E-state index in [1.165, 1.54) is 12.8 Å². The third kappa shape index (κ3) is 4.70. The minimum absolute atomic E-state index is 0.346. The summed E-state index contributed by atoms with van der Waals surface area (Å²) in [4.78, 5) is 0. The van der Waals surface area contributed by atoms with Crippen molar-refractivity contribution in [2.45, 2.75) is 64.6 Å². The zero-order valence-corrected chi connectivity index (χ0v) is 14.8. The van der Waals surface area contributed by atoms with Gasteiger partial charge in [0.15, 0.2) is 0 Å². The predicted octanol–water partition coefficient (Wildman–Crippen LogP) is 3.94. The molecule has 4 heteroatoms. The lowest BCUT2D eigenvalue weighted by atomic mass is 9.99. The Morgan fingerprint density at radius 3 is 2.57 bits per heavy atom. The molecule has 0 atom stereocenters. The van der Waals surface area contributed by atoms with Crippen molar-refractivity contribution in [2.24, 2.45) is 0 Å². The number of hydrogen-bond donors (Lipinski definition) is 2. The first kappa shape index (κ1) is 16.8. The SMILES string of the molecule is CCC(O)(CC)COc1c(C)cc(Br)cc1CNC1CC1. The normalized spacial score (nSPS) is 15.3. The molecule has 118 valence electrons. The molecular weight excluding hydrogens is 330 g/mol. The van der Waals surface area contributed by atoms with Gasteiger partial charge in [0.25, 0.3) is 0 Å². The highest BCUT2D eigenvalue weighted by Crippen LogP contribution is 2.30. The molecule has 0 aliphatic heterocycles. The Bertz CT molecular complexity index is 482. The van der Waals surface area contributed by atoms with E-state index in [1.807, 2.05) is 13.8 Å². The number of aliphatic hydroxyl groups is 1. The first-order valence-corrected chi connectivity index (χ1v) is 8.64. The van der Waals surface area contributed by atoms with E-state index < -0.39 is 5.60 Å². The highest BCUT2D eigenvalue weighted by Gasteiger charge is 2.25. The second kappa shape index (κ2) is 7.12. The summed E-state index contributed by atoms with van der Waals surface area (Å²) in [6, 6.07) is 4.84. The smallest absolute Gasteiger partial charge is 0.126 e. The van der Waals surface area contributed by atoms with Crippen molar-refractivity contribution in [3.63, 3.8) is 0 Å². The molecule has 0 spiro atoms. The maximum atomic E-state index is 10.4. The van der Waals surface area contributed by atoms with Crippen LogP contribution in [0.4, 0.5) is 0 Å². The Morgan fingerprint density at radius 2 is 2.00 bits per heavy atom. The van der Waals surface area contributed by atoms with Crippen LogP contribution in [0.2, 0.25) is 0 Å². The molecule has 1 fully saturated rings. The largest absolute Gasteiger partial charge is 0.490 e. The van der Waals surface area contributed by atoms with Crippen LogP contribution in [0.1, 0.15) is 50.7 Å². The average Bonchev–Trinajstić information content (AvgIpc) is 3.27. The van der Waals surface area contributed by atoms with Gasteiger partial charge in [0.1, 0.15) is 12.4 Å². The fraction of sp³-hybridized carbons (Fsp3) is 0.647. The molecule has 21 heavy (non-hydrogen) atoms. The number of benzene rings is 1. The van der Waals surface area contributed by atoms with E-state index in [0.29, 0.717) is 25.5 Å². The summed E-state index contributed by atoms with van der Waals surface area (Å²) in [5.41, 5.74) is 1.52. The molecule has 3 nitrogen and oxygen atoms in total. The molecule has 1 aromatic rings. The first-order chi connectivity index (χ1) is 9.97. The van der Waals surface area contributed by atoms with Crippen LogP contribution in [0.3, 0.4) is 0 Å². The molecule has 1 saturated carbocycles. The van der Waals surface area contributed by atoms with Crippen LogP contribution < -0.4 is 10.1 Å². The van der Waals surface area contributed by atoms with Crippen LogP contribution in [0, 0.1) is 6.92 Å². The van der Waals surface area contributed by atoms with Gasteiger partial charge in [-0.1, -0.05) is 29.8 Å². The van der Waals surface area contributed by atoms with Gasteiger partial charge in [-0.15, -0.1) is 0 Å². The van der Waals surface area contributed by atoms with Crippen molar-refractivity contribution in [1.82, 2.24) is 5.32 Å². The molecule has 0 heterocycles. The van der Waals surface area contributed by atoms with Crippen molar-refractivity contribution in [2.75, 3.05) is 6.61 Å². The van der Waals surface area contributed by atoms with E-state index in [4.69, 9.17) is 4.74 Å². The Labute approximate surface area is 136 Å². The molecule has 0 saturated heterocycles. The third-order valence-corrected chi connectivity index (χ3v) is 4.73. The lowest BCUT2D eigenvalue weighted by Crippen LogP contribution is -2.34. The minimum atomic E-state index is -0.735. The molecule has 2 N–H and O–H groups in total. The second-order valence-electron chi connectivity index (χ2n) is 6.09. The van der Waals surface area contributed by atoms with Crippen molar-refractivity contribution >= 4 is 15.9 Å². The van der Waals surface area contributed by atoms with Gasteiger partial charge in [0.05, 0.1) is 5.60 Å². The summed E-state index contributed by atoms with van der Waals surface area (Å²) >= 11 is 3.56. The molecule has 1 aromatic carbocycles. The zero-order valence-electron chi connectivity index (χ0n) is 13.2. The van der Waals surface area contributed by atoms with Gasteiger partial charge in [0, 0.05) is 22.6 Å². The number of halogens is 1. The number of rotatable bonds is 8. The number of ether oxygens (including phenoxy) is 1. The van der Waals surface area contributed by atoms with Crippen LogP contribution in [0.5, 0.6) is 5.75 Å². The number of hydrogen-bond acceptors (Lipinski definition) is 3. The molecule has 0 amide bonds. The van der Waals surface area contributed by atoms with E-state index in [1.54, 1.807) is 0 Å². The van der Waals surface area contributed by atoms with E-state index in [-0.39, 0.29) is 0 Å². The van der Waals surface area contributed by atoms with Gasteiger partial charge in [0.2, 0.25) is 0 Å². The number of aryl methyl sites for hydroxylation is 1. The summed E-state index contributed by atoms with van der Waals surface area (Å²) in [6.07, 6.45) is 3.95. The minimum Gasteiger partial charge on any atom is -0.490 e. The lowest BCUT2D eigenvalue weighted by molar-refractivity contribution is -0.0118. The Balaban J connectivity index is 2.11. The average molecular weight is 356 g/mol. The van der Waals surface area contributed by atoms with Crippen LogP contribution in [-0.4, -0.2) is 23.4 Å². The quantitative estimate of drug-likeness (QED) is 0.741. The van der Waals surface area contributed by atoms with Gasteiger partial charge in [-0.3, -0.25) is 0 Å². The van der Waals surface area contributed by atoms with Crippen LogP contribution >= 0.6 is 15.9 Å². The van der Waals surface area contributed by atoms with Crippen molar-refractivity contribution in [3.05, 3.63) is 27.7 Å². The highest BCUT2D eigenvalue weighted by atomic mass is 79.9. The zero-order chi connectivity index (χ0) is 15.5. The summed E-state index contributed by atoms with van der Waals surface area (Å²) in [6.45, 7) is 7.21. The van der Waals surface area contributed by atoms with Gasteiger partial charge in [-0.05, 0) is 50.3 Å². The maximum Gasteiger partial charge on any atom is 0.126 e. The Kier molecular flexibility index (Phi) is 5.69. The predicted molar refractivity (Wildman–Crippen MR) is 89.8 cm³/mol. The van der Waals surface area contributed by atoms with E-state index in [9.17, 15) is 5.11 Å². The molecule has 0 aromatic heterocycles.